The lowest BCUT2D eigenvalue weighted by molar-refractivity contribution is 0.493. The second-order valence-electron chi connectivity index (χ2n) is 5.26. The van der Waals surface area contributed by atoms with Gasteiger partial charge < -0.3 is 9.73 Å². The third-order valence-electron chi connectivity index (χ3n) is 3.54. The first-order valence-electron chi connectivity index (χ1n) is 7.09. The molecule has 1 N–H and O–H groups in total. The van der Waals surface area contributed by atoms with E-state index in [9.17, 15) is 4.39 Å². The van der Waals surface area contributed by atoms with Crippen LogP contribution in [0.15, 0.2) is 28.7 Å². The Kier molecular flexibility index (Phi) is 4.61. The molecular weight excluding hydrogens is 253 g/mol. The van der Waals surface area contributed by atoms with Crippen molar-refractivity contribution in [3.63, 3.8) is 0 Å². The molecule has 108 valence electrons. The molecule has 3 heteroatoms. The second kappa shape index (κ2) is 6.23. The standard InChI is InChI=1S/C17H22FNO/c1-5-8-19-17(16-9-12(3)20-13(16)4)15-10-14(18)7-6-11(15)2/h6-7,9-10,17,19H,5,8H2,1-4H3. The Morgan fingerprint density at radius 3 is 2.50 bits per heavy atom. The molecule has 1 atom stereocenters. The van der Waals surface area contributed by atoms with Crippen molar-refractivity contribution in [2.75, 3.05) is 6.54 Å². The normalized spacial score (nSPS) is 12.7. The third kappa shape index (κ3) is 3.10. The number of benzene rings is 1. The summed E-state index contributed by atoms with van der Waals surface area (Å²) in [5, 5.41) is 3.50. The lowest BCUT2D eigenvalue weighted by Crippen LogP contribution is -2.24. The van der Waals surface area contributed by atoms with Gasteiger partial charge in [0, 0.05) is 5.56 Å². The largest absolute Gasteiger partial charge is 0.466 e. The molecule has 0 spiro atoms. The van der Waals surface area contributed by atoms with Gasteiger partial charge in [-0.25, -0.2) is 4.39 Å². The van der Waals surface area contributed by atoms with Crippen molar-refractivity contribution in [1.29, 1.82) is 0 Å². The van der Waals surface area contributed by atoms with E-state index in [1.165, 1.54) is 6.07 Å². The molecule has 2 aromatic rings. The maximum atomic E-state index is 13.6. The molecule has 1 heterocycles. The highest BCUT2D eigenvalue weighted by Gasteiger charge is 2.20. The summed E-state index contributed by atoms with van der Waals surface area (Å²) in [6.45, 7) is 8.90. The van der Waals surface area contributed by atoms with Crippen LogP contribution in [0.4, 0.5) is 4.39 Å². The van der Waals surface area contributed by atoms with E-state index in [1.54, 1.807) is 6.07 Å². The maximum Gasteiger partial charge on any atom is 0.123 e. The van der Waals surface area contributed by atoms with E-state index in [2.05, 4.69) is 12.2 Å². The lowest BCUT2D eigenvalue weighted by atomic mass is 9.95. The number of furan rings is 1. The summed E-state index contributed by atoms with van der Waals surface area (Å²) in [6, 6.07) is 6.96. The van der Waals surface area contributed by atoms with E-state index < -0.39 is 0 Å². The van der Waals surface area contributed by atoms with Gasteiger partial charge in [-0.1, -0.05) is 13.0 Å². The Balaban J connectivity index is 2.46. The van der Waals surface area contributed by atoms with Crippen molar-refractivity contribution >= 4 is 0 Å². The summed E-state index contributed by atoms with van der Waals surface area (Å²) in [6.07, 6.45) is 1.03. The van der Waals surface area contributed by atoms with Crippen molar-refractivity contribution < 1.29 is 8.81 Å². The number of hydrogen-bond acceptors (Lipinski definition) is 2. The van der Waals surface area contributed by atoms with E-state index in [4.69, 9.17) is 4.42 Å². The first-order valence-corrected chi connectivity index (χ1v) is 7.09. The van der Waals surface area contributed by atoms with Crippen LogP contribution >= 0.6 is 0 Å². The quantitative estimate of drug-likeness (QED) is 0.873. The third-order valence-corrected chi connectivity index (χ3v) is 3.54. The molecule has 0 aliphatic carbocycles. The first-order chi connectivity index (χ1) is 9.52. The molecule has 1 aromatic heterocycles. The summed E-state index contributed by atoms with van der Waals surface area (Å²) in [4.78, 5) is 0. The zero-order chi connectivity index (χ0) is 14.7. The minimum atomic E-state index is -0.202. The fourth-order valence-electron chi connectivity index (χ4n) is 2.54. The molecule has 1 aromatic carbocycles. The Morgan fingerprint density at radius 2 is 1.90 bits per heavy atom. The van der Waals surface area contributed by atoms with Gasteiger partial charge in [0.2, 0.25) is 0 Å². The molecule has 0 saturated heterocycles. The number of rotatable bonds is 5. The SMILES string of the molecule is CCCNC(c1cc(F)ccc1C)c1cc(C)oc1C. The lowest BCUT2D eigenvalue weighted by Gasteiger charge is -2.20. The van der Waals surface area contributed by atoms with Gasteiger partial charge in [-0.2, -0.15) is 0 Å². The number of hydrogen-bond donors (Lipinski definition) is 1. The fourth-order valence-corrected chi connectivity index (χ4v) is 2.54. The van der Waals surface area contributed by atoms with Gasteiger partial charge in [0.15, 0.2) is 0 Å². The van der Waals surface area contributed by atoms with Crippen molar-refractivity contribution in [2.45, 2.75) is 40.2 Å². The summed E-state index contributed by atoms with van der Waals surface area (Å²) in [5.41, 5.74) is 3.14. The Hall–Kier alpha value is -1.61. The highest BCUT2D eigenvalue weighted by atomic mass is 19.1. The van der Waals surface area contributed by atoms with Crippen LogP contribution in [0.3, 0.4) is 0 Å². The van der Waals surface area contributed by atoms with E-state index in [0.717, 1.165) is 41.2 Å². The Labute approximate surface area is 120 Å². The first kappa shape index (κ1) is 14.8. The van der Waals surface area contributed by atoms with Gasteiger partial charge in [0.1, 0.15) is 17.3 Å². The maximum absolute atomic E-state index is 13.6. The molecule has 0 amide bonds. The van der Waals surface area contributed by atoms with E-state index in [-0.39, 0.29) is 11.9 Å². The summed E-state index contributed by atoms with van der Waals surface area (Å²) in [5.74, 6) is 1.57. The van der Waals surface area contributed by atoms with Crippen LogP contribution in [0.2, 0.25) is 0 Å². The Bertz CT molecular complexity index is 589. The summed E-state index contributed by atoms with van der Waals surface area (Å²) < 4.78 is 19.2. The molecule has 0 aliphatic heterocycles. The van der Waals surface area contributed by atoms with Crippen LogP contribution in [-0.4, -0.2) is 6.54 Å². The van der Waals surface area contributed by atoms with Crippen LogP contribution in [-0.2, 0) is 0 Å². The molecule has 0 fully saturated rings. The molecule has 20 heavy (non-hydrogen) atoms. The van der Waals surface area contributed by atoms with Gasteiger partial charge in [-0.05, 0) is 63.1 Å². The van der Waals surface area contributed by atoms with Crippen LogP contribution in [0, 0.1) is 26.6 Å². The van der Waals surface area contributed by atoms with E-state index >= 15 is 0 Å². The minimum absolute atomic E-state index is 0.0249. The predicted molar refractivity (Wildman–Crippen MR) is 79.5 cm³/mol. The van der Waals surface area contributed by atoms with Crippen molar-refractivity contribution in [3.8, 4) is 0 Å². The molecule has 0 radical (unpaired) electrons. The van der Waals surface area contributed by atoms with Crippen LogP contribution in [0.1, 0.15) is 47.6 Å². The predicted octanol–water partition coefficient (Wildman–Crippen LogP) is 4.43. The zero-order valence-electron chi connectivity index (χ0n) is 12.6. The van der Waals surface area contributed by atoms with Gasteiger partial charge >= 0.3 is 0 Å². The molecule has 2 rings (SSSR count). The van der Waals surface area contributed by atoms with Crippen LogP contribution < -0.4 is 5.32 Å². The average molecular weight is 275 g/mol. The fraction of sp³-hybridized carbons (Fsp3) is 0.412. The topological polar surface area (TPSA) is 25.2 Å². The van der Waals surface area contributed by atoms with Crippen molar-refractivity contribution in [3.05, 3.63) is 58.3 Å². The molecule has 0 aliphatic rings. The zero-order valence-corrected chi connectivity index (χ0v) is 12.6. The molecule has 2 nitrogen and oxygen atoms in total. The minimum Gasteiger partial charge on any atom is -0.466 e. The van der Waals surface area contributed by atoms with Gasteiger partial charge in [-0.3, -0.25) is 0 Å². The number of aryl methyl sites for hydroxylation is 3. The van der Waals surface area contributed by atoms with Crippen LogP contribution in [0.25, 0.3) is 0 Å². The molecular formula is C17H22FNO. The van der Waals surface area contributed by atoms with Gasteiger partial charge in [0.25, 0.3) is 0 Å². The number of nitrogens with one attached hydrogen (secondary N) is 1. The van der Waals surface area contributed by atoms with E-state index in [1.807, 2.05) is 32.9 Å². The highest BCUT2D eigenvalue weighted by Crippen LogP contribution is 2.29. The van der Waals surface area contributed by atoms with Gasteiger partial charge in [-0.15, -0.1) is 0 Å². The second-order valence-corrected chi connectivity index (χ2v) is 5.26. The number of halogens is 1. The van der Waals surface area contributed by atoms with Crippen molar-refractivity contribution in [2.24, 2.45) is 0 Å². The van der Waals surface area contributed by atoms with E-state index in [0.29, 0.717) is 0 Å². The molecule has 0 saturated carbocycles. The summed E-state index contributed by atoms with van der Waals surface area (Å²) in [7, 11) is 0. The van der Waals surface area contributed by atoms with Gasteiger partial charge in [0.05, 0.1) is 6.04 Å². The monoisotopic (exact) mass is 275 g/mol. The van der Waals surface area contributed by atoms with Crippen molar-refractivity contribution in [1.82, 2.24) is 5.32 Å². The summed E-state index contributed by atoms with van der Waals surface area (Å²) >= 11 is 0. The molecule has 0 bridgehead atoms. The van der Waals surface area contributed by atoms with Crippen LogP contribution in [0.5, 0.6) is 0 Å². The highest BCUT2D eigenvalue weighted by molar-refractivity contribution is 5.39. The Morgan fingerprint density at radius 1 is 1.15 bits per heavy atom. The average Bonchev–Trinajstić information content (AvgIpc) is 2.73. The smallest absolute Gasteiger partial charge is 0.123 e. The molecule has 1 unspecified atom stereocenters.